The first kappa shape index (κ1) is 14.6. The number of rotatable bonds is 4. The molecular weight excluding hydrogens is 276 g/mol. The number of carbonyl (C=O) groups excluding carboxylic acids is 1. The molecule has 0 atom stereocenters. The van der Waals surface area contributed by atoms with Crippen LogP contribution in [-0.4, -0.2) is 36.5 Å². The Bertz CT molecular complexity index is 532. The van der Waals surface area contributed by atoms with Gasteiger partial charge in [0.05, 0.1) is 17.1 Å². The number of halogens is 1. The van der Waals surface area contributed by atoms with E-state index in [4.69, 9.17) is 22.6 Å². The lowest BCUT2D eigenvalue weighted by molar-refractivity contribution is -0.119. The zero-order valence-electron chi connectivity index (χ0n) is 11.1. The highest BCUT2D eigenvalue weighted by atomic mass is 35.5. The second-order valence-corrected chi connectivity index (χ2v) is 5.37. The summed E-state index contributed by atoms with van der Waals surface area (Å²) in [7, 11) is 0. The molecule has 106 valence electrons. The summed E-state index contributed by atoms with van der Waals surface area (Å²) in [4.78, 5) is 12.9. The molecule has 0 bridgehead atoms. The first-order valence-electron chi connectivity index (χ1n) is 6.55. The van der Waals surface area contributed by atoms with Crippen LogP contribution in [0, 0.1) is 11.3 Å². The SMILES string of the molecule is N#Cc1ccc(NC2CCN(CC(N)=O)CC2)cc1Cl. The minimum absolute atomic E-state index is 0.282. The summed E-state index contributed by atoms with van der Waals surface area (Å²) in [6.07, 6.45) is 1.90. The van der Waals surface area contributed by atoms with Crippen LogP contribution in [-0.2, 0) is 4.79 Å². The second-order valence-electron chi connectivity index (χ2n) is 4.97. The van der Waals surface area contributed by atoms with Crippen molar-refractivity contribution < 1.29 is 4.79 Å². The Labute approximate surface area is 123 Å². The lowest BCUT2D eigenvalue weighted by Gasteiger charge is -2.32. The molecule has 1 aliphatic rings. The fourth-order valence-corrected chi connectivity index (χ4v) is 2.61. The lowest BCUT2D eigenvalue weighted by Crippen LogP contribution is -2.42. The molecule has 1 fully saturated rings. The van der Waals surface area contributed by atoms with Gasteiger partial charge in [-0.1, -0.05) is 11.6 Å². The predicted molar refractivity (Wildman–Crippen MR) is 78.4 cm³/mol. The van der Waals surface area contributed by atoms with E-state index in [2.05, 4.69) is 10.2 Å². The summed E-state index contributed by atoms with van der Waals surface area (Å²) in [5, 5.41) is 12.7. The molecule has 0 spiro atoms. The summed E-state index contributed by atoms with van der Waals surface area (Å²) in [6.45, 7) is 2.03. The third-order valence-corrected chi connectivity index (χ3v) is 3.74. The lowest BCUT2D eigenvalue weighted by atomic mass is 10.0. The smallest absolute Gasteiger partial charge is 0.231 e. The number of amides is 1. The molecular formula is C14H17ClN4O. The molecule has 1 saturated heterocycles. The number of nitrogens with one attached hydrogen (secondary N) is 1. The first-order valence-corrected chi connectivity index (χ1v) is 6.93. The summed E-state index contributed by atoms with van der Waals surface area (Å²) < 4.78 is 0. The van der Waals surface area contributed by atoms with Crippen molar-refractivity contribution in [2.45, 2.75) is 18.9 Å². The number of anilines is 1. The fraction of sp³-hybridized carbons (Fsp3) is 0.429. The van der Waals surface area contributed by atoms with Crippen LogP contribution in [0.5, 0.6) is 0 Å². The number of likely N-dealkylation sites (tertiary alicyclic amines) is 1. The average Bonchev–Trinajstić information content (AvgIpc) is 2.41. The number of primary amides is 1. The van der Waals surface area contributed by atoms with Crippen LogP contribution in [0.4, 0.5) is 5.69 Å². The zero-order chi connectivity index (χ0) is 14.5. The number of hydrogen-bond acceptors (Lipinski definition) is 4. The first-order chi connectivity index (χ1) is 9.58. The molecule has 3 N–H and O–H groups in total. The van der Waals surface area contributed by atoms with Crippen molar-refractivity contribution in [1.82, 2.24) is 4.90 Å². The van der Waals surface area contributed by atoms with Gasteiger partial charge in [0.2, 0.25) is 5.91 Å². The molecule has 1 heterocycles. The Morgan fingerprint density at radius 2 is 2.20 bits per heavy atom. The maximum absolute atomic E-state index is 10.9. The molecule has 0 aliphatic carbocycles. The van der Waals surface area contributed by atoms with Crippen molar-refractivity contribution in [1.29, 1.82) is 5.26 Å². The fourth-order valence-electron chi connectivity index (χ4n) is 2.39. The number of nitrogens with two attached hydrogens (primary N) is 1. The van der Waals surface area contributed by atoms with Gasteiger partial charge in [-0.05, 0) is 31.0 Å². The highest BCUT2D eigenvalue weighted by Gasteiger charge is 2.20. The Hall–Kier alpha value is -1.77. The van der Waals surface area contributed by atoms with E-state index in [1.54, 1.807) is 12.1 Å². The van der Waals surface area contributed by atoms with E-state index in [1.165, 1.54) is 0 Å². The van der Waals surface area contributed by atoms with Crippen LogP contribution in [0.3, 0.4) is 0 Å². The van der Waals surface area contributed by atoms with E-state index in [0.717, 1.165) is 31.6 Å². The van der Waals surface area contributed by atoms with Gasteiger partial charge in [0.25, 0.3) is 0 Å². The van der Waals surface area contributed by atoms with Crippen LogP contribution in [0.1, 0.15) is 18.4 Å². The molecule has 0 saturated carbocycles. The molecule has 5 nitrogen and oxygen atoms in total. The van der Waals surface area contributed by atoms with Gasteiger partial charge in [-0.15, -0.1) is 0 Å². The number of nitriles is 1. The molecule has 0 radical (unpaired) electrons. The van der Waals surface area contributed by atoms with Gasteiger partial charge in [-0.2, -0.15) is 5.26 Å². The summed E-state index contributed by atoms with van der Waals surface area (Å²) in [6, 6.07) is 7.74. The Kier molecular flexibility index (Phi) is 4.83. The van der Waals surface area contributed by atoms with Gasteiger partial charge in [-0.3, -0.25) is 9.69 Å². The zero-order valence-corrected chi connectivity index (χ0v) is 11.9. The van der Waals surface area contributed by atoms with Crippen molar-refractivity contribution in [3.8, 4) is 6.07 Å². The summed E-state index contributed by atoms with van der Waals surface area (Å²) >= 11 is 6.01. The minimum Gasteiger partial charge on any atom is -0.382 e. The molecule has 2 rings (SSSR count). The average molecular weight is 293 g/mol. The standard InChI is InChI=1S/C14H17ClN4O/c15-13-7-12(2-1-10(13)8-16)18-11-3-5-19(6-4-11)9-14(17)20/h1-2,7,11,18H,3-6,9H2,(H2,17,20). The number of carbonyl (C=O) groups is 1. The highest BCUT2D eigenvalue weighted by Crippen LogP contribution is 2.22. The molecule has 0 unspecified atom stereocenters. The Morgan fingerprint density at radius 3 is 2.75 bits per heavy atom. The summed E-state index contributed by atoms with van der Waals surface area (Å²) in [5.41, 5.74) is 6.59. The molecule has 1 aromatic carbocycles. The van der Waals surface area contributed by atoms with Crippen molar-refractivity contribution in [3.63, 3.8) is 0 Å². The topological polar surface area (TPSA) is 82.2 Å². The highest BCUT2D eigenvalue weighted by molar-refractivity contribution is 6.32. The Balaban J connectivity index is 1.88. The van der Waals surface area contributed by atoms with E-state index < -0.39 is 0 Å². The monoisotopic (exact) mass is 292 g/mol. The van der Waals surface area contributed by atoms with Gasteiger partial charge in [0, 0.05) is 24.8 Å². The van der Waals surface area contributed by atoms with Gasteiger partial charge >= 0.3 is 0 Å². The van der Waals surface area contributed by atoms with Crippen LogP contribution in [0.15, 0.2) is 18.2 Å². The van der Waals surface area contributed by atoms with Gasteiger partial charge in [0.1, 0.15) is 6.07 Å². The van der Waals surface area contributed by atoms with Crippen LogP contribution >= 0.6 is 11.6 Å². The molecule has 6 heteroatoms. The normalized spacial score (nSPS) is 16.6. The van der Waals surface area contributed by atoms with E-state index in [0.29, 0.717) is 23.2 Å². The number of hydrogen-bond donors (Lipinski definition) is 2. The van der Waals surface area contributed by atoms with E-state index in [-0.39, 0.29) is 5.91 Å². The molecule has 1 aliphatic heterocycles. The largest absolute Gasteiger partial charge is 0.382 e. The van der Waals surface area contributed by atoms with Crippen LogP contribution < -0.4 is 11.1 Å². The quantitative estimate of drug-likeness (QED) is 0.882. The molecule has 0 aromatic heterocycles. The number of benzene rings is 1. The van der Waals surface area contributed by atoms with Crippen molar-refractivity contribution in [3.05, 3.63) is 28.8 Å². The third-order valence-electron chi connectivity index (χ3n) is 3.43. The van der Waals surface area contributed by atoms with E-state index in [9.17, 15) is 4.79 Å². The van der Waals surface area contributed by atoms with E-state index >= 15 is 0 Å². The maximum Gasteiger partial charge on any atom is 0.231 e. The molecule has 20 heavy (non-hydrogen) atoms. The van der Waals surface area contributed by atoms with Gasteiger partial charge in [-0.25, -0.2) is 0 Å². The van der Waals surface area contributed by atoms with Crippen molar-refractivity contribution in [2.75, 3.05) is 25.0 Å². The predicted octanol–water partition coefficient (Wildman–Crippen LogP) is 1.57. The van der Waals surface area contributed by atoms with Crippen LogP contribution in [0.25, 0.3) is 0 Å². The maximum atomic E-state index is 10.9. The molecule has 1 amide bonds. The number of nitrogens with zero attached hydrogens (tertiary/aromatic N) is 2. The second kappa shape index (κ2) is 6.60. The third kappa shape index (κ3) is 3.86. The summed E-state index contributed by atoms with van der Waals surface area (Å²) in [5.74, 6) is -0.282. The minimum atomic E-state index is -0.282. The van der Waals surface area contributed by atoms with Crippen molar-refractivity contribution >= 4 is 23.2 Å². The number of piperidine rings is 1. The van der Waals surface area contributed by atoms with E-state index in [1.807, 2.05) is 12.1 Å². The van der Waals surface area contributed by atoms with Crippen LogP contribution in [0.2, 0.25) is 5.02 Å². The van der Waals surface area contributed by atoms with Gasteiger partial charge < -0.3 is 11.1 Å². The van der Waals surface area contributed by atoms with Crippen molar-refractivity contribution in [2.24, 2.45) is 5.73 Å². The Morgan fingerprint density at radius 1 is 1.50 bits per heavy atom. The molecule has 1 aromatic rings. The van der Waals surface area contributed by atoms with Gasteiger partial charge in [0.15, 0.2) is 0 Å².